The summed E-state index contributed by atoms with van der Waals surface area (Å²) in [4.78, 5) is 34.6. The van der Waals surface area contributed by atoms with E-state index in [0.29, 0.717) is 0 Å². The number of carboxylic acids is 1. The van der Waals surface area contributed by atoms with Crippen LogP contribution in [0, 0.1) is 6.92 Å². The molecule has 0 bridgehead atoms. The minimum atomic E-state index is -0.950. The van der Waals surface area contributed by atoms with Gasteiger partial charge >= 0.3 is 10.8 Å². The van der Waals surface area contributed by atoms with E-state index in [0.717, 1.165) is 17.0 Å². The second-order valence-electron chi connectivity index (χ2n) is 3.69. The maximum atomic E-state index is 11.7. The van der Waals surface area contributed by atoms with Crippen LogP contribution in [0.5, 0.6) is 0 Å². The fourth-order valence-corrected chi connectivity index (χ4v) is 1.97. The number of aryl methyl sites for hydroxylation is 1. The molecule has 94 valence electrons. The van der Waals surface area contributed by atoms with Crippen molar-refractivity contribution in [3.05, 3.63) is 20.7 Å². The second kappa shape index (κ2) is 5.62. The van der Waals surface area contributed by atoms with Crippen LogP contribution < -0.4 is 4.87 Å². The van der Waals surface area contributed by atoms with Gasteiger partial charge in [-0.25, -0.2) is 0 Å². The van der Waals surface area contributed by atoms with E-state index in [9.17, 15) is 14.4 Å². The van der Waals surface area contributed by atoms with Crippen molar-refractivity contribution in [2.24, 2.45) is 0 Å². The Bertz CT molecular complexity index is 477. The molecular formula is C10H14N2O4S. The number of carboxylic acid groups (broad SMARTS) is 1. The first-order valence-electron chi connectivity index (χ1n) is 5.02. The molecule has 1 rings (SSSR count). The number of likely N-dealkylation sites (N-methyl/N-ethyl adjacent to an activating group) is 1. The summed E-state index contributed by atoms with van der Waals surface area (Å²) in [6.07, 6.45) is -0.0975. The zero-order valence-electron chi connectivity index (χ0n) is 9.67. The molecule has 0 unspecified atom stereocenters. The van der Waals surface area contributed by atoms with Crippen LogP contribution in [0.2, 0.25) is 0 Å². The normalized spacial score (nSPS) is 10.2. The summed E-state index contributed by atoms with van der Waals surface area (Å²) in [5.74, 6) is -1.22. The predicted molar refractivity (Wildman–Crippen MR) is 63.2 cm³/mol. The van der Waals surface area contributed by atoms with Crippen LogP contribution in [-0.4, -0.2) is 40.0 Å². The lowest BCUT2D eigenvalue weighted by molar-refractivity contribution is -0.138. The van der Waals surface area contributed by atoms with E-state index < -0.39 is 5.97 Å². The van der Waals surface area contributed by atoms with Gasteiger partial charge < -0.3 is 10.0 Å². The molecule has 1 aromatic heterocycles. The highest BCUT2D eigenvalue weighted by Crippen LogP contribution is 2.00. The summed E-state index contributed by atoms with van der Waals surface area (Å²) in [7, 11) is 1.53. The Morgan fingerprint density at radius 1 is 1.53 bits per heavy atom. The third-order valence-corrected chi connectivity index (χ3v) is 3.24. The first-order chi connectivity index (χ1) is 7.91. The van der Waals surface area contributed by atoms with Gasteiger partial charge in [0.05, 0.1) is 6.42 Å². The average Bonchev–Trinajstić information content (AvgIpc) is 2.57. The number of thiazole rings is 1. The van der Waals surface area contributed by atoms with Gasteiger partial charge in [0.15, 0.2) is 0 Å². The molecule has 0 aliphatic rings. The van der Waals surface area contributed by atoms with Gasteiger partial charge in [-0.05, 0) is 6.92 Å². The van der Waals surface area contributed by atoms with E-state index in [4.69, 9.17) is 5.11 Å². The maximum absolute atomic E-state index is 11.7. The lowest BCUT2D eigenvalue weighted by Gasteiger charge is -2.16. The third-order valence-electron chi connectivity index (χ3n) is 2.36. The summed E-state index contributed by atoms with van der Waals surface area (Å²) in [5, 5.41) is 10.2. The number of rotatable bonds is 5. The summed E-state index contributed by atoms with van der Waals surface area (Å²) >= 11 is 1.05. The molecule has 7 heteroatoms. The molecule has 0 fully saturated rings. The Morgan fingerprint density at radius 3 is 2.65 bits per heavy atom. The molecule has 1 aromatic rings. The van der Waals surface area contributed by atoms with E-state index in [-0.39, 0.29) is 30.3 Å². The SMILES string of the molecule is Cc1csc(=O)n1CC(=O)N(C)CCC(=O)O. The van der Waals surface area contributed by atoms with Gasteiger partial charge in [0.25, 0.3) is 0 Å². The molecule has 0 saturated carbocycles. The van der Waals surface area contributed by atoms with Crippen LogP contribution in [0.15, 0.2) is 10.2 Å². The third kappa shape index (κ3) is 3.70. The molecule has 6 nitrogen and oxygen atoms in total. The van der Waals surface area contributed by atoms with Crippen molar-refractivity contribution >= 4 is 23.2 Å². The molecule has 0 aliphatic carbocycles. The fraction of sp³-hybridized carbons (Fsp3) is 0.500. The molecule has 1 N–H and O–H groups in total. The maximum Gasteiger partial charge on any atom is 0.307 e. The minimum Gasteiger partial charge on any atom is -0.481 e. The van der Waals surface area contributed by atoms with Crippen molar-refractivity contribution in [2.45, 2.75) is 19.9 Å². The Kier molecular flexibility index (Phi) is 4.45. The summed E-state index contributed by atoms with van der Waals surface area (Å²) < 4.78 is 1.38. The Morgan fingerprint density at radius 2 is 2.18 bits per heavy atom. The monoisotopic (exact) mass is 258 g/mol. The van der Waals surface area contributed by atoms with Crippen LogP contribution in [0.1, 0.15) is 12.1 Å². The van der Waals surface area contributed by atoms with E-state index in [2.05, 4.69) is 0 Å². The van der Waals surface area contributed by atoms with Gasteiger partial charge in [0.1, 0.15) is 6.54 Å². The first-order valence-corrected chi connectivity index (χ1v) is 5.90. The summed E-state index contributed by atoms with van der Waals surface area (Å²) in [6, 6.07) is 0. The van der Waals surface area contributed by atoms with Gasteiger partial charge in [0, 0.05) is 24.7 Å². The number of carbonyl (C=O) groups is 2. The second-order valence-corrected chi connectivity index (χ2v) is 4.51. The lowest BCUT2D eigenvalue weighted by Crippen LogP contribution is -2.34. The number of nitrogens with zero attached hydrogens (tertiary/aromatic N) is 2. The topological polar surface area (TPSA) is 79.6 Å². The molecular weight excluding hydrogens is 244 g/mol. The van der Waals surface area contributed by atoms with Crippen molar-refractivity contribution < 1.29 is 14.7 Å². The molecule has 0 aliphatic heterocycles. The van der Waals surface area contributed by atoms with Crippen LogP contribution >= 0.6 is 11.3 Å². The highest BCUT2D eigenvalue weighted by Gasteiger charge is 2.13. The molecule has 0 saturated heterocycles. The molecule has 1 amide bonds. The number of amides is 1. The molecule has 17 heavy (non-hydrogen) atoms. The number of hydrogen-bond donors (Lipinski definition) is 1. The first kappa shape index (κ1) is 13.4. The van der Waals surface area contributed by atoms with Gasteiger partial charge in [-0.2, -0.15) is 0 Å². The van der Waals surface area contributed by atoms with E-state index in [1.54, 1.807) is 12.3 Å². The quantitative estimate of drug-likeness (QED) is 0.815. The van der Waals surface area contributed by atoms with Crippen molar-refractivity contribution in [1.29, 1.82) is 0 Å². The Balaban J connectivity index is 2.60. The molecule has 0 spiro atoms. The lowest BCUT2D eigenvalue weighted by atomic mass is 10.4. The highest BCUT2D eigenvalue weighted by atomic mass is 32.1. The van der Waals surface area contributed by atoms with Gasteiger partial charge in [0.2, 0.25) is 5.91 Å². The summed E-state index contributed by atoms with van der Waals surface area (Å²) in [6.45, 7) is 1.86. The number of aromatic nitrogens is 1. The summed E-state index contributed by atoms with van der Waals surface area (Å²) in [5.41, 5.74) is 0.736. The fourth-order valence-electron chi connectivity index (χ4n) is 1.24. The van der Waals surface area contributed by atoms with Crippen molar-refractivity contribution in [1.82, 2.24) is 9.47 Å². The van der Waals surface area contributed by atoms with Crippen molar-refractivity contribution in [3.63, 3.8) is 0 Å². The van der Waals surface area contributed by atoms with Crippen LogP contribution in [0.25, 0.3) is 0 Å². The number of hydrogen-bond acceptors (Lipinski definition) is 4. The Labute approximate surface area is 102 Å². The van der Waals surface area contributed by atoms with E-state index in [1.165, 1.54) is 16.5 Å². The predicted octanol–water partition coefficient (Wildman–Crippen LogP) is 0.151. The zero-order valence-corrected chi connectivity index (χ0v) is 10.5. The standard InChI is InChI=1S/C10H14N2O4S/c1-7-6-17-10(16)12(7)5-8(13)11(2)4-3-9(14)15/h6H,3-5H2,1-2H3,(H,14,15). The molecule has 1 heterocycles. The van der Waals surface area contributed by atoms with Gasteiger partial charge in [-0.3, -0.25) is 19.0 Å². The zero-order chi connectivity index (χ0) is 13.0. The van der Waals surface area contributed by atoms with Crippen molar-refractivity contribution in [2.75, 3.05) is 13.6 Å². The molecule has 0 aromatic carbocycles. The number of carbonyl (C=O) groups excluding carboxylic acids is 1. The molecule has 0 atom stereocenters. The van der Waals surface area contributed by atoms with Crippen LogP contribution in [0.4, 0.5) is 0 Å². The average molecular weight is 258 g/mol. The molecule has 0 radical (unpaired) electrons. The Hall–Kier alpha value is -1.63. The van der Waals surface area contributed by atoms with Crippen LogP contribution in [0.3, 0.4) is 0 Å². The van der Waals surface area contributed by atoms with E-state index >= 15 is 0 Å². The van der Waals surface area contributed by atoms with Crippen molar-refractivity contribution in [3.8, 4) is 0 Å². The van der Waals surface area contributed by atoms with Gasteiger partial charge in [-0.15, -0.1) is 0 Å². The smallest absolute Gasteiger partial charge is 0.307 e. The highest BCUT2D eigenvalue weighted by molar-refractivity contribution is 7.07. The minimum absolute atomic E-state index is 0.0374. The van der Waals surface area contributed by atoms with Gasteiger partial charge in [-0.1, -0.05) is 11.3 Å². The van der Waals surface area contributed by atoms with Crippen LogP contribution in [-0.2, 0) is 16.1 Å². The number of aliphatic carboxylic acids is 1. The van der Waals surface area contributed by atoms with E-state index in [1.807, 2.05) is 0 Å². The largest absolute Gasteiger partial charge is 0.481 e.